The summed E-state index contributed by atoms with van der Waals surface area (Å²) in [6.45, 7) is 9.50. The van der Waals surface area contributed by atoms with Gasteiger partial charge in [-0.2, -0.15) is 0 Å². The molecule has 154 valence electrons. The van der Waals surface area contributed by atoms with Crippen LogP contribution in [0.15, 0.2) is 42.5 Å². The standard InChI is InChI=1S/C24H30N2O3/c1-4-29-24(28)21-8-5-18(3)22(15-21)25-23(27)20-9-6-19(7-10-20)16-26-13-11-17(2)12-14-26/h5-10,15,17H,4,11-14,16H2,1-3H3,(H,25,27). The van der Waals surface area contributed by atoms with Gasteiger partial charge in [-0.05, 0) is 81.1 Å². The summed E-state index contributed by atoms with van der Waals surface area (Å²) < 4.78 is 5.04. The minimum absolute atomic E-state index is 0.188. The smallest absolute Gasteiger partial charge is 0.338 e. The van der Waals surface area contributed by atoms with Crippen molar-refractivity contribution >= 4 is 17.6 Å². The van der Waals surface area contributed by atoms with E-state index < -0.39 is 0 Å². The predicted molar refractivity (Wildman–Crippen MR) is 115 cm³/mol. The number of esters is 1. The molecule has 5 nitrogen and oxygen atoms in total. The highest BCUT2D eigenvalue weighted by atomic mass is 16.5. The van der Waals surface area contributed by atoms with Crippen LogP contribution in [0.25, 0.3) is 0 Å². The topological polar surface area (TPSA) is 58.6 Å². The molecular formula is C24H30N2O3. The summed E-state index contributed by atoms with van der Waals surface area (Å²) in [5.74, 6) is 0.245. The molecule has 1 fully saturated rings. The number of hydrogen-bond donors (Lipinski definition) is 1. The second-order valence-corrected chi connectivity index (χ2v) is 7.86. The maximum atomic E-state index is 12.7. The summed E-state index contributed by atoms with van der Waals surface area (Å²) in [5, 5.41) is 2.91. The summed E-state index contributed by atoms with van der Waals surface area (Å²) in [7, 11) is 0. The van der Waals surface area contributed by atoms with Gasteiger partial charge >= 0.3 is 5.97 Å². The minimum atomic E-state index is -0.389. The number of carbonyl (C=O) groups excluding carboxylic acids is 2. The monoisotopic (exact) mass is 394 g/mol. The fourth-order valence-electron chi connectivity index (χ4n) is 3.53. The highest BCUT2D eigenvalue weighted by molar-refractivity contribution is 6.05. The van der Waals surface area contributed by atoms with Crippen LogP contribution in [0.1, 0.15) is 58.5 Å². The van der Waals surface area contributed by atoms with Crippen molar-refractivity contribution in [2.45, 2.75) is 40.2 Å². The third-order valence-corrected chi connectivity index (χ3v) is 5.50. The van der Waals surface area contributed by atoms with Crippen LogP contribution < -0.4 is 5.32 Å². The van der Waals surface area contributed by atoms with Crippen molar-refractivity contribution < 1.29 is 14.3 Å². The van der Waals surface area contributed by atoms with Gasteiger partial charge in [0.15, 0.2) is 0 Å². The Morgan fingerprint density at radius 2 is 1.72 bits per heavy atom. The molecule has 3 rings (SSSR count). The number of hydrogen-bond acceptors (Lipinski definition) is 4. The molecule has 1 amide bonds. The number of likely N-dealkylation sites (tertiary alicyclic amines) is 1. The van der Waals surface area contributed by atoms with Gasteiger partial charge in [-0.25, -0.2) is 4.79 Å². The van der Waals surface area contributed by atoms with Crippen LogP contribution >= 0.6 is 0 Å². The van der Waals surface area contributed by atoms with E-state index in [-0.39, 0.29) is 11.9 Å². The first kappa shape index (κ1) is 21.1. The number of ether oxygens (including phenoxy) is 1. The second kappa shape index (κ2) is 9.70. The highest BCUT2D eigenvalue weighted by Gasteiger charge is 2.16. The number of nitrogens with one attached hydrogen (secondary N) is 1. The first-order valence-corrected chi connectivity index (χ1v) is 10.4. The SMILES string of the molecule is CCOC(=O)c1ccc(C)c(NC(=O)c2ccc(CN3CCC(C)CC3)cc2)c1. The van der Waals surface area contributed by atoms with Crippen LogP contribution in [0.5, 0.6) is 0 Å². The summed E-state index contributed by atoms with van der Waals surface area (Å²) in [4.78, 5) is 27.1. The zero-order valence-corrected chi connectivity index (χ0v) is 17.5. The van der Waals surface area contributed by atoms with Crippen molar-refractivity contribution in [2.24, 2.45) is 5.92 Å². The van der Waals surface area contributed by atoms with Crippen molar-refractivity contribution in [3.05, 3.63) is 64.7 Å². The zero-order chi connectivity index (χ0) is 20.8. The van der Waals surface area contributed by atoms with Crippen LogP contribution in [0.3, 0.4) is 0 Å². The normalized spacial score (nSPS) is 15.1. The molecule has 0 aromatic heterocycles. The number of aryl methyl sites for hydroxylation is 1. The molecule has 1 saturated heterocycles. The van der Waals surface area contributed by atoms with Gasteiger partial charge in [0.2, 0.25) is 0 Å². The maximum absolute atomic E-state index is 12.7. The molecule has 29 heavy (non-hydrogen) atoms. The Labute approximate surface area is 173 Å². The predicted octanol–water partition coefficient (Wildman–Crippen LogP) is 4.66. The van der Waals surface area contributed by atoms with Gasteiger partial charge in [-0.15, -0.1) is 0 Å². The lowest BCUT2D eigenvalue weighted by Gasteiger charge is -2.30. The molecule has 1 N–H and O–H groups in total. The number of rotatable bonds is 6. The molecule has 1 heterocycles. The average molecular weight is 395 g/mol. The Kier molecular flexibility index (Phi) is 7.04. The largest absolute Gasteiger partial charge is 0.462 e. The van der Waals surface area contributed by atoms with Crippen molar-refractivity contribution in [3.8, 4) is 0 Å². The summed E-state index contributed by atoms with van der Waals surface area (Å²) >= 11 is 0. The molecule has 0 spiro atoms. The van der Waals surface area contributed by atoms with Gasteiger partial charge in [-0.3, -0.25) is 9.69 Å². The van der Waals surface area contributed by atoms with E-state index in [4.69, 9.17) is 4.74 Å². The molecule has 0 aliphatic carbocycles. The number of nitrogens with zero attached hydrogens (tertiary/aromatic N) is 1. The molecule has 1 aliphatic heterocycles. The van der Waals surface area contributed by atoms with E-state index in [1.807, 2.05) is 37.3 Å². The zero-order valence-electron chi connectivity index (χ0n) is 17.5. The van der Waals surface area contributed by atoms with Crippen LogP contribution in [-0.2, 0) is 11.3 Å². The molecule has 0 saturated carbocycles. The summed E-state index contributed by atoms with van der Waals surface area (Å²) in [6, 6.07) is 13.0. The molecule has 2 aromatic rings. The lowest BCUT2D eigenvalue weighted by atomic mass is 9.99. The molecule has 1 aliphatic rings. The second-order valence-electron chi connectivity index (χ2n) is 7.86. The fraction of sp³-hybridized carbons (Fsp3) is 0.417. The minimum Gasteiger partial charge on any atom is -0.462 e. The van der Waals surface area contributed by atoms with E-state index in [1.54, 1.807) is 19.1 Å². The van der Waals surface area contributed by atoms with Gasteiger partial charge in [0.05, 0.1) is 12.2 Å². The van der Waals surface area contributed by atoms with Crippen LogP contribution in [-0.4, -0.2) is 36.5 Å². The van der Waals surface area contributed by atoms with Gasteiger partial charge < -0.3 is 10.1 Å². The molecule has 0 radical (unpaired) electrons. The Balaban J connectivity index is 1.63. The summed E-state index contributed by atoms with van der Waals surface area (Å²) in [6.07, 6.45) is 2.51. The number of benzene rings is 2. The van der Waals surface area contributed by atoms with E-state index >= 15 is 0 Å². The number of anilines is 1. The number of piperidine rings is 1. The summed E-state index contributed by atoms with van der Waals surface area (Å²) in [5.41, 5.74) is 3.76. The quantitative estimate of drug-likeness (QED) is 0.724. The van der Waals surface area contributed by atoms with Crippen molar-refractivity contribution in [1.82, 2.24) is 4.90 Å². The molecule has 5 heteroatoms. The lowest BCUT2D eigenvalue weighted by Crippen LogP contribution is -2.32. The van der Waals surface area contributed by atoms with Gasteiger partial charge in [0.1, 0.15) is 0 Å². The lowest BCUT2D eigenvalue weighted by molar-refractivity contribution is 0.0526. The Bertz CT molecular complexity index is 853. The van der Waals surface area contributed by atoms with E-state index in [0.29, 0.717) is 23.4 Å². The van der Waals surface area contributed by atoms with E-state index in [1.165, 1.54) is 18.4 Å². The van der Waals surface area contributed by atoms with E-state index in [9.17, 15) is 9.59 Å². The van der Waals surface area contributed by atoms with Crippen LogP contribution in [0, 0.1) is 12.8 Å². The van der Waals surface area contributed by atoms with Crippen molar-refractivity contribution in [1.29, 1.82) is 0 Å². The third kappa shape index (κ3) is 5.67. The molecule has 0 bridgehead atoms. The average Bonchev–Trinajstić information content (AvgIpc) is 2.72. The Morgan fingerprint density at radius 1 is 1.07 bits per heavy atom. The Hall–Kier alpha value is -2.66. The van der Waals surface area contributed by atoms with Crippen LogP contribution in [0.4, 0.5) is 5.69 Å². The number of carbonyl (C=O) groups is 2. The van der Waals surface area contributed by atoms with Gasteiger partial charge in [0.25, 0.3) is 5.91 Å². The van der Waals surface area contributed by atoms with E-state index in [0.717, 1.165) is 31.1 Å². The van der Waals surface area contributed by atoms with Gasteiger partial charge in [-0.1, -0.05) is 25.1 Å². The molecule has 0 atom stereocenters. The number of amides is 1. The molecule has 0 unspecified atom stereocenters. The molecular weight excluding hydrogens is 364 g/mol. The first-order chi connectivity index (χ1) is 14.0. The Morgan fingerprint density at radius 3 is 2.38 bits per heavy atom. The van der Waals surface area contributed by atoms with Crippen molar-refractivity contribution in [2.75, 3.05) is 25.0 Å². The van der Waals surface area contributed by atoms with Crippen molar-refractivity contribution in [3.63, 3.8) is 0 Å². The fourth-order valence-corrected chi connectivity index (χ4v) is 3.53. The molecule has 2 aromatic carbocycles. The third-order valence-electron chi connectivity index (χ3n) is 5.50. The van der Waals surface area contributed by atoms with Gasteiger partial charge in [0, 0.05) is 17.8 Å². The maximum Gasteiger partial charge on any atom is 0.338 e. The van der Waals surface area contributed by atoms with Crippen LogP contribution in [0.2, 0.25) is 0 Å². The first-order valence-electron chi connectivity index (χ1n) is 10.4. The van der Waals surface area contributed by atoms with E-state index in [2.05, 4.69) is 17.1 Å². The highest BCUT2D eigenvalue weighted by Crippen LogP contribution is 2.20.